The molecule has 11 rings (SSSR count). The number of rotatable bonds is 9. The van der Waals surface area contributed by atoms with Crippen molar-refractivity contribution >= 4 is 38.9 Å². The Hall–Kier alpha value is -8.34. The van der Waals surface area contributed by atoms with Crippen LogP contribution in [0.2, 0.25) is 0 Å². The van der Waals surface area contributed by atoms with Gasteiger partial charge in [0.25, 0.3) is 0 Å². The summed E-state index contributed by atoms with van der Waals surface area (Å²) in [7, 11) is 0. The first-order valence-electron chi connectivity index (χ1n) is 22.6. The fourth-order valence-electron chi connectivity index (χ4n) is 9.24. The van der Waals surface area contributed by atoms with Crippen LogP contribution in [-0.4, -0.2) is 14.5 Å². The molecule has 2 heterocycles. The summed E-state index contributed by atoms with van der Waals surface area (Å²) in [5.74, 6) is 0.736. The van der Waals surface area contributed by atoms with E-state index in [-0.39, 0.29) is 0 Å². The molecule has 66 heavy (non-hydrogen) atoms. The van der Waals surface area contributed by atoms with Gasteiger partial charge in [0, 0.05) is 50.2 Å². The van der Waals surface area contributed by atoms with Crippen LogP contribution in [0.1, 0.15) is 22.3 Å². The van der Waals surface area contributed by atoms with Gasteiger partial charge in [0.1, 0.15) is 0 Å². The summed E-state index contributed by atoms with van der Waals surface area (Å²) in [6.45, 7) is 8.52. The number of benzene rings is 9. The molecule has 9 aromatic carbocycles. The first-order valence-corrected chi connectivity index (χ1v) is 22.6. The van der Waals surface area contributed by atoms with E-state index in [4.69, 9.17) is 9.97 Å². The lowest BCUT2D eigenvalue weighted by Gasteiger charge is -2.26. The van der Waals surface area contributed by atoms with Crippen molar-refractivity contribution in [2.75, 3.05) is 4.90 Å². The maximum Gasteiger partial charge on any atom is 0.160 e. The molecule has 4 heteroatoms. The number of fused-ring (bicyclic) bond motifs is 3. The molecular weight excluding hydrogens is 801 g/mol. The van der Waals surface area contributed by atoms with Crippen LogP contribution in [0.3, 0.4) is 0 Å². The Bertz CT molecular complexity index is 3420. The van der Waals surface area contributed by atoms with Gasteiger partial charge in [0.05, 0.1) is 22.4 Å². The van der Waals surface area contributed by atoms with Gasteiger partial charge < -0.3 is 9.47 Å². The Morgan fingerprint density at radius 2 is 0.803 bits per heavy atom. The molecule has 0 bridgehead atoms. The molecule has 0 spiro atoms. The zero-order valence-corrected chi connectivity index (χ0v) is 37.6. The molecule has 0 saturated heterocycles. The van der Waals surface area contributed by atoms with Crippen LogP contribution in [0, 0.1) is 27.7 Å². The van der Waals surface area contributed by atoms with Crippen molar-refractivity contribution in [2.24, 2.45) is 0 Å². The summed E-state index contributed by atoms with van der Waals surface area (Å²) >= 11 is 0. The Morgan fingerprint density at radius 1 is 0.348 bits per heavy atom. The van der Waals surface area contributed by atoms with E-state index < -0.39 is 0 Å². The smallest absolute Gasteiger partial charge is 0.160 e. The molecule has 0 radical (unpaired) electrons. The summed E-state index contributed by atoms with van der Waals surface area (Å²) in [6, 6.07) is 78.6. The van der Waals surface area contributed by atoms with E-state index in [0.717, 1.165) is 67.8 Å². The average Bonchev–Trinajstić information content (AvgIpc) is 3.69. The Morgan fingerprint density at radius 3 is 1.38 bits per heavy atom. The topological polar surface area (TPSA) is 34.0 Å². The predicted molar refractivity (Wildman–Crippen MR) is 277 cm³/mol. The highest BCUT2D eigenvalue weighted by atomic mass is 15.1. The van der Waals surface area contributed by atoms with Crippen LogP contribution in [0.15, 0.2) is 218 Å². The Balaban J connectivity index is 0.877. The lowest BCUT2D eigenvalue weighted by Crippen LogP contribution is -2.09. The summed E-state index contributed by atoms with van der Waals surface area (Å²) in [5, 5.41) is 2.45. The summed E-state index contributed by atoms with van der Waals surface area (Å²) < 4.78 is 2.39. The van der Waals surface area contributed by atoms with Crippen molar-refractivity contribution in [1.29, 1.82) is 0 Å². The minimum Gasteiger partial charge on any atom is -0.310 e. The second-order valence-electron chi connectivity index (χ2n) is 17.4. The molecule has 0 aliphatic rings. The second-order valence-corrected chi connectivity index (χ2v) is 17.4. The van der Waals surface area contributed by atoms with Gasteiger partial charge in [0.2, 0.25) is 0 Å². The third-order valence-corrected chi connectivity index (χ3v) is 12.9. The fraction of sp³-hybridized carbons (Fsp3) is 0.0645. The third-order valence-electron chi connectivity index (χ3n) is 12.9. The van der Waals surface area contributed by atoms with Crippen molar-refractivity contribution < 1.29 is 0 Å². The molecule has 0 N–H and O–H groups in total. The molecule has 11 aromatic rings. The van der Waals surface area contributed by atoms with Crippen LogP contribution in [0.5, 0.6) is 0 Å². The highest BCUT2D eigenvalue weighted by Crippen LogP contribution is 2.40. The molecular formula is C62H48N4. The lowest BCUT2D eigenvalue weighted by molar-refractivity contribution is 1.17. The molecule has 0 fully saturated rings. The van der Waals surface area contributed by atoms with Crippen LogP contribution < -0.4 is 4.90 Å². The normalized spacial score (nSPS) is 11.3. The van der Waals surface area contributed by atoms with Gasteiger partial charge in [-0.2, -0.15) is 0 Å². The van der Waals surface area contributed by atoms with Crippen LogP contribution in [-0.2, 0) is 0 Å². The summed E-state index contributed by atoms with van der Waals surface area (Å²) in [5.41, 5.74) is 21.4. The maximum atomic E-state index is 5.11. The molecule has 4 nitrogen and oxygen atoms in total. The predicted octanol–water partition coefficient (Wildman–Crippen LogP) is 16.6. The Kier molecular flexibility index (Phi) is 10.4. The Labute approximate surface area is 386 Å². The number of aryl methyl sites for hydroxylation is 4. The van der Waals surface area contributed by atoms with Gasteiger partial charge in [0.15, 0.2) is 5.82 Å². The first kappa shape index (κ1) is 40.4. The largest absolute Gasteiger partial charge is 0.310 e. The van der Waals surface area contributed by atoms with E-state index in [0.29, 0.717) is 0 Å². The zero-order valence-electron chi connectivity index (χ0n) is 37.6. The van der Waals surface area contributed by atoms with Gasteiger partial charge in [-0.05, 0) is 128 Å². The van der Waals surface area contributed by atoms with Crippen LogP contribution in [0.4, 0.5) is 17.1 Å². The quantitative estimate of drug-likeness (QED) is 0.145. The number of nitrogens with zero attached hydrogens (tertiary/aromatic N) is 4. The maximum absolute atomic E-state index is 5.11. The van der Waals surface area contributed by atoms with E-state index >= 15 is 0 Å². The number of anilines is 3. The van der Waals surface area contributed by atoms with Crippen molar-refractivity contribution in [1.82, 2.24) is 14.5 Å². The van der Waals surface area contributed by atoms with Crippen LogP contribution in [0.25, 0.3) is 83.6 Å². The molecule has 2 aromatic heterocycles. The van der Waals surface area contributed by atoms with Gasteiger partial charge in [-0.15, -0.1) is 0 Å². The van der Waals surface area contributed by atoms with Crippen molar-refractivity contribution in [3.8, 4) is 61.8 Å². The van der Waals surface area contributed by atoms with E-state index in [1.54, 1.807) is 0 Å². The second kappa shape index (κ2) is 17.0. The lowest BCUT2D eigenvalue weighted by atomic mass is 9.98. The summed E-state index contributed by atoms with van der Waals surface area (Å²) in [4.78, 5) is 12.5. The van der Waals surface area contributed by atoms with Crippen molar-refractivity contribution in [2.45, 2.75) is 27.7 Å². The molecule has 0 saturated carbocycles. The third kappa shape index (κ3) is 7.63. The van der Waals surface area contributed by atoms with E-state index in [9.17, 15) is 0 Å². The minimum absolute atomic E-state index is 0.736. The monoisotopic (exact) mass is 848 g/mol. The van der Waals surface area contributed by atoms with Crippen LogP contribution >= 0.6 is 0 Å². The molecule has 0 atom stereocenters. The van der Waals surface area contributed by atoms with Gasteiger partial charge >= 0.3 is 0 Å². The van der Waals surface area contributed by atoms with E-state index in [1.807, 2.05) is 0 Å². The minimum atomic E-state index is 0.736. The molecule has 0 amide bonds. The van der Waals surface area contributed by atoms with Gasteiger partial charge in [-0.25, -0.2) is 9.97 Å². The van der Waals surface area contributed by atoms with E-state index in [2.05, 4.69) is 256 Å². The molecule has 0 aliphatic carbocycles. The summed E-state index contributed by atoms with van der Waals surface area (Å²) in [6.07, 6.45) is 0. The molecule has 316 valence electrons. The number of para-hydroxylation sites is 1. The number of hydrogen-bond acceptors (Lipinski definition) is 3. The van der Waals surface area contributed by atoms with E-state index in [1.165, 1.54) is 55.2 Å². The van der Waals surface area contributed by atoms with Crippen molar-refractivity contribution in [3.05, 3.63) is 241 Å². The number of hydrogen-bond donors (Lipinski definition) is 0. The highest BCUT2D eigenvalue weighted by molar-refractivity contribution is 6.10. The number of aromatic nitrogens is 3. The average molecular weight is 849 g/mol. The van der Waals surface area contributed by atoms with Gasteiger partial charge in [-0.1, -0.05) is 163 Å². The highest BCUT2D eigenvalue weighted by Gasteiger charge is 2.18. The first-order chi connectivity index (χ1) is 32.3. The fourth-order valence-corrected chi connectivity index (χ4v) is 9.24. The molecule has 0 unspecified atom stereocenters. The molecule has 0 aliphatic heterocycles. The van der Waals surface area contributed by atoms with Gasteiger partial charge in [-0.3, -0.25) is 0 Å². The standard InChI is InChI=1S/C62H48N4/c1-41-17-31-50(32-18-41)65(51-33-19-42(2)20-34-51)53-37-38-61-57(39-53)56-15-9-10-16-60(56)66(61)52-35-29-48(30-36-52)46-23-21-45(22-24-46)47-25-27-49(28-26-47)58-40-59(54-13-7-5-11-43(54)3)64-62(63-58)55-14-8-6-12-44(55)4/h5-40H,1-4H3. The SMILES string of the molecule is Cc1ccc(N(c2ccc(C)cc2)c2ccc3c(c2)c2ccccc2n3-c2ccc(-c3ccc(-c4ccc(-c5cc(-c6ccccc6C)nc(-c6ccccc6C)n5)cc4)cc3)cc2)cc1. The zero-order chi connectivity index (χ0) is 44.7. The van der Waals surface area contributed by atoms with Crippen molar-refractivity contribution in [3.63, 3.8) is 0 Å².